The van der Waals surface area contributed by atoms with E-state index in [0.29, 0.717) is 0 Å². The molecule has 0 radical (unpaired) electrons. The summed E-state index contributed by atoms with van der Waals surface area (Å²) in [6.45, 7) is 6.40. The molecule has 0 aliphatic carbocycles. The van der Waals surface area contributed by atoms with Crippen LogP contribution in [-0.4, -0.2) is 24.2 Å². The maximum absolute atomic E-state index is 11.3. The number of hydrogen-bond acceptors (Lipinski definition) is 2. The van der Waals surface area contributed by atoms with Crippen molar-refractivity contribution in [2.75, 3.05) is 13.2 Å². The predicted octanol–water partition coefficient (Wildman–Crippen LogP) is 1.73. The Morgan fingerprint density at radius 1 is 1.24 bits per heavy atom. The van der Waals surface area contributed by atoms with Gasteiger partial charge in [0.25, 0.3) is 0 Å². The zero-order valence-electron chi connectivity index (χ0n) is 10.6. The van der Waals surface area contributed by atoms with Crippen LogP contribution >= 0.6 is 0 Å². The Kier molecular flexibility index (Phi) is 4.91. The van der Waals surface area contributed by atoms with E-state index in [1.54, 1.807) is 6.08 Å². The third-order valence-electron chi connectivity index (χ3n) is 2.71. The molecule has 0 fully saturated rings. The molecule has 0 atom stereocenters. The van der Waals surface area contributed by atoms with Crippen LogP contribution < -0.4 is 5.32 Å². The highest BCUT2D eigenvalue weighted by atomic mass is 16.3. The largest absolute Gasteiger partial charge is 0.395 e. The van der Waals surface area contributed by atoms with Gasteiger partial charge >= 0.3 is 0 Å². The molecule has 0 spiro atoms. The van der Waals surface area contributed by atoms with Gasteiger partial charge in [0.15, 0.2) is 0 Å². The number of benzene rings is 1. The minimum absolute atomic E-state index is 0.0394. The summed E-state index contributed by atoms with van der Waals surface area (Å²) in [5, 5.41) is 11.1. The van der Waals surface area contributed by atoms with Crippen molar-refractivity contribution in [3.05, 3.63) is 40.5 Å². The van der Waals surface area contributed by atoms with Crippen LogP contribution in [0.25, 0.3) is 6.08 Å². The number of amides is 1. The summed E-state index contributed by atoms with van der Waals surface area (Å²) in [5.74, 6) is -0.184. The molecule has 17 heavy (non-hydrogen) atoms. The molecular weight excluding hydrogens is 214 g/mol. The van der Waals surface area contributed by atoms with Crippen LogP contribution in [0, 0.1) is 20.8 Å². The number of aryl methyl sites for hydroxylation is 3. The van der Waals surface area contributed by atoms with Gasteiger partial charge in [-0.2, -0.15) is 0 Å². The number of nitrogens with one attached hydrogen (secondary N) is 1. The second-order valence-electron chi connectivity index (χ2n) is 4.14. The van der Waals surface area contributed by atoms with Crippen molar-refractivity contribution in [3.63, 3.8) is 0 Å². The van der Waals surface area contributed by atoms with Crippen molar-refractivity contribution in [1.82, 2.24) is 5.32 Å². The first-order valence-electron chi connectivity index (χ1n) is 5.69. The van der Waals surface area contributed by atoms with Gasteiger partial charge in [0, 0.05) is 12.6 Å². The lowest BCUT2D eigenvalue weighted by atomic mass is 10.0. The highest BCUT2D eigenvalue weighted by Gasteiger charge is 2.00. The summed E-state index contributed by atoms with van der Waals surface area (Å²) in [6.07, 6.45) is 3.29. The van der Waals surface area contributed by atoms with Crippen LogP contribution in [-0.2, 0) is 4.79 Å². The van der Waals surface area contributed by atoms with Crippen LogP contribution in [0.4, 0.5) is 0 Å². The van der Waals surface area contributed by atoms with Gasteiger partial charge in [0.05, 0.1) is 6.61 Å². The van der Waals surface area contributed by atoms with E-state index in [9.17, 15) is 4.79 Å². The molecule has 0 aliphatic heterocycles. The van der Waals surface area contributed by atoms with E-state index in [4.69, 9.17) is 5.11 Å². The SMILES string of the molecule is Cc1cc(C)c(/C=C/C(=O)NCCO)cc1C. The van der Waals surface area contributed by atoms with Crippen molar-refractivity contribution in [2.24, 2.45) is 0 Å². The maximum Gasteiger partial charge on any atom is 0.244 e. The van der Waals surface area contributed by atoms with Crippen molar-refractivity contribution in [1.29, 1.82) is 0 Å². The molecule has 0 saturated heterocycles. The van der Waals surface area contributed by atoms with Crippen LogP contribution in [0.2, 0.25) is 0 Å². The average Bonchev–Trinajstić information content (AvgIpc) is 2.29. The van der Waals surface area contributed by atoms with Crippen molar-refractivity contribution < 1.29 is 9.90 Å². The summed E-state index contributed by atoms with van der Waals surface area (Å²) in [7, 11) is 0. The lowest BCUT2D eigenvalue weighted by Crippen LogP contribution is -2.24. The second kappa shape index (κ2) is 6.21. The van der Waals surface area contributed by atoms with Gasteiger partial charge in [-0.3, -0.25) is 4.79 Å². The molecule has 0 unspecified atom stereocenters. The molecule has 1 aromatic rings. The third kappa shape index (κ3) is 4.04. The lowest BCUT2D eigenvalue weighted by Gasteiger charge is -2.06. The van der Waals surface area contributed by atoms with E-state index in [2.05, 4.69) is 31.3 Å². The standard InChI is InChI=1S/C14H19NO2/c1-10-8-12(3)13(9-11(10)2)4-5-14(17)15-6-7-16/h4-5,8-9,16H,6-7H2,1-3H3,(H,15,17)/b5-4+. The molecule has 0 aromatic heterocycles. The molecule has 92 valence electrons. The third-order valence-corrected chi connectivity index (χ3v) is 2.71. The van der Waals surface area contributed by atoms with E-state index in [-0.39, 0.29) is 19.1 Å². The van der Waals surface area contributed by atoms with Crippen LogP contribution in [0.15, 0.2) is 18.2 Å². The monoisotopic (exact) mass is 233 g/mol. The molecule has 1 amide bonds. The topological polar surface area (TPSA) is 49.3 Å². The van der Waals surface area contributed by atoms with Gasteiger partial charge in [-0.1, -0.05) is 12.1 Å². The summed E-state index contributed by atoms with van der Waals surface area (Å²) < 4.78 is 0. The van der Waals surface area contributed by atoms with E-state index in [0.717, 1.165) is 11.1 Å². The summed E-state index contributed by atoms with van der Waals surface area (Å²) in [5.41, 5.74) is 4.67. The van der Waals surface area contributed by atoms with Gasteiger partial charge in [0.1, 0.15) is 0 Å². The number of carbonyl (C=O) groups is 1. The molecule has 2 N–H and O–H groups in total. The summed E-state index contributed by atoms with van der Waals surface area (Å²) in [6, 6.07) is 4.18. The molecule has 1 rings (SSSR count). The Balaban J connectivity index is 2.78. The summed E-state index contributed by atoms with van der Waals surface area (Å²) in [4.78, 5) is 11.3. The number of aliphatic hydroxyl groups excluding tert-OH is 1. The minimum Gasteiger partial charge on any atom is -0.395 e. The molecule has 0 aliphatic rings. The Hall–Kier alpha value is -1.61. The van der Waals surface area contributed by atoms with E-state index >= 15 is 0 Å². The van der Waals surface area contributed by atoms with Crippen LogP contribution in [0.1, 0.15) is 22.3 Å². The Labute approximate surface area is 102 Å². The van der Waals surface area contributed by atoms with Crippen molar-refractivity contribution >= 4 is 12.0 Å². The molecule has 0 bridgehead atoms. The quantitative estimate of drug-likeness (QED) is 0.778. The van der Waals surface area contributed by atoms with Crippen LogP contribution in [0.5, 0.6) is 0 Å². The number of hydrogen-bond donors (Lipinski definition) is 2. The molecule has 0 saturated carbocycles. The highest BCUT2D eigenvalue weighted by molar-refractivity contribution is 5.91. The Morgan fingerprint density at radius 2 is 1.88 bits per heavy atom. The molecule has 1 aromatic carbocycles. The van der Waals surface area contributed by atoms with Gasteiger partial charge in [0.2, 0.25) is 5.91 Å². The van der Waals surface area contributed by atoms with E-state index in [1.165, 1.54) is 17.2 Å². The fourth-order valence-corrected chi connectivity index (χ4v) is 1.57. The first-order chi connectivity index (χ1) is 8.04. The molecular formula is C14H19NO2. The zero-order chi connectivity index (χ0) is 12.8. The van der Waals surface area contributed by atoms with E-state index in [1.807, 2.05) is 6.92 Å². The normalized spacial score (nSPS) is 10.8. The second-order valence-corrected chi connectivity index (χ2v) is 4.14. The van der Waals surface area contributed by atoms with Gasteiger partial charge < -0.3 is 10.4 Å². The van der Waals surface area contributed by atoms with Gasteiger partial charge in [-0.25, -0.2) is 0 Å². The summed E-state index contributed by atoms with van der Waals surface area (Å²) >= 11 is 0. The van der Waals surface area contributed by atoms with Gasteiger partial charge in [-0.05, 0) is 49.1 Å². The van der Waals surface area contributed by atoms with Crippen molar-refractivity contribution in [3.8, 4) is 0 Å². The van der Waals surface area contributed by atoms with E-state index < -0.39 is 0 Å². The maximum atomic E-state index is 11.3. The molecule has 3 nitrogen and oxygen atoms in total. The lowest BCUT2D eigenvalue weighted by molar-refractivity contribution is -0.116. The smallest absolute Gasteiger partial charge is 0.244 e. The molecule has 0 heterocycles. The highest BCUT2D eigenvalue weighted by Crippen LogP contribution is 2.16. The number of carbonyl (C=O) groups excluding carboxylic acids is 1. The van der Waals surface area contributed by atoms with Crippen molar-refractivity contribution in [2.45, 2.75) is 20.8 Å². The fourth-order valence-electron chi connectivity index (χ4n) is 1.57. The minimum atomic E-state index is -0.184. The number of aliphatic hydroxyl groups is 1. The molecule has 3 heteroatoms. The van der Waals surface area contributed by atoms with Crippen LogP contribution in [0.3, 0.4) is 0 Å². The zero-order valence-corrected chi connectivity index (χ0v) is 10.6. The van der Waals surface area contributed by atoms with Gasteiger partial charge in [-0.15, -0.1) is 0 Å². The number of rotatable bonds is 4. The Morgan fingerprint density at radius 3 is 2.53 bits per heavy atom. The Bertz CT molecular complexity index is 436. The average molecular weight is 233 g/mol. The predicted molar refractivity (Wildman–Crippen MR) is 69.8 cm³/mol. The fraction of sp³-hybridized carbons (Fsp3) is 0.357. The first kappa shape index (κ1) is 13.5. The first-order valence-corrected chi connectivity index (χ1v) is 5.69.